The summed E-state index contributed by atoms with van der Waals surface area (Å²) in [5.74, 6) is -0.120. The smallest absolute Gasteiger partial charge is 0.328 e. The van der Waals surface area contributed by atoms with Gasteiger partial charge in [-0.15, -0.1) is 0 Å². The monoisotopic (exact) mass is 437 g/mol. The van der Waals surface area contributed by atoms with E-state index in [4.69, 9.17) is 14.6 Å². The van der Waals surface area contributed by atoms with Gasteiger partial charge in [0.05, 0.1) is 6.61 Å². The van der Waals surface area contributed by atoms with Crippen LogP contribution < -0.4 is 9.64 Å². The lowest BCUT2D eigenvalue weighted by Crippen LogP contribution is -2.37. The Balaban J connectivity index is 1.73. The highest BCUT2D eigenvalue weighted by atomic mass is 16.5. The zero-order valence-corrected chi connectivity index (χ0v) is 19.3. The Bertz CT molecular complexity index is 891. The van der Waals surface area contributed by atoms with Crippen LogP contribution in [0.3, 0.4) is 0 Å². The van der Waals surface area contributed by atoms with E-state index in [1.165, 1.54) is 18.9 Å². The third-order valence-electron chi connectivity index (χ3n) is 5.87. The van der Waals surface area contributed by atoms with Crippen molar-refractivity contribution in [3.63, 3.8) is 0 Å². The molecular weight excluding hydrogens is 402 g/mol. The molecule has 1 fully saturated rings. The number of unbranched alkanes of at least 4 members (excludes halogenated alkanes) is 1. The molecule has 0 spiro atoms. The second-order valence-corrected chi connectivity index (χ2v) is 8.32. The third kappa shape index (κ3) is 6.86. The Labute approximate surface area is 191 Å². The first kappa shape index (κ1) is 23.9. The molecule has 32 heavy (non-hydrogen) atoms. The predicted molar refractivity (Wildman–Crippen MR) is 130 cm³/mol. The van der Waals surface area contributed by atoms with E-state index in [1.54, 1.807) is 6.08 Å². The number of ether oxygens (including phenoxy) is 2. The number of piperidine rings is 1. The van der Waals surface area contributed by atoms with Crippen LogP contribution >= 0.6 is 0 Å². The number of anilines is 1. The summed E-state index contributed by atoms with van der Waals surface area (Å²) >= 11 is 0. The van der Waals surface area contributed by atoms with E-state index in [0.29, 0.717) is 19.3 Å². The fourth-order valence-corrected chi connectivity index (χ4v) is 4.06. The van der Waals surface area contributed by atoms with Crippen molar-refractivity contribution in [2.75, 3.05) is 31.3 Å². The average Bonchev–Trinajstić information content (AvgIpc) is 2.81. The van der Waals surface area contributed by atoms with Gasteiger partial charge in [-0.3, -0.25) is 0 Å². The second kappa shape index (κ2) is 12.3. The van der Waals surface area contributed by atoms with Gasteiger partial charge in [0.2, 0.25) is 0 Å². The van der Waals surface area contributed by atoms with Gasteiger partial charge in [-0.2, -0.15) is 0 Å². The predicted octanol–water partition coefficient (Wildman–Crippen LogP) is 6.03. The van der Waals surface area contributed by atoms with Gasteiger partial charge < -0.3 is 19.5 Å². The van der Waals surface area contributed by atoms with Crippen molar-refractivity contribution in [3.8, 4) is 16.9 Å². The van der Waals surface area contributed by atoms with Crippen molar-refractivity contribution in [2.24, 2.45) is 0 Å². The standard InChI is InChI=1S/C27H35NO4/c1-3-4-17-31-18-19-32-25-12-8-22(9-13-25)23-10-14-26(24(20-23)11-15-27(29)30)28-16-6-5-7-21(28)2/h8-15,20-21H,3-7,16-19H2,1-2H3,(H,29,30). The van der Waals surface area contributed by atoms with Crippen molar-refractivity contribution in [3.05, 3.63) is 54.1 Å². The van der Waals surface area contributed by atoms with Crippen LogP contribution in [0.4, 0.5) is 5.69 Å². The average molecular weight is 438 g/mol. The first-order valence-corrected chi connectivity index (χ1v) is 11.7. The van der Waals surface area contributed by atoms with Crippen molar-refractivity contribution < 1.29 is 19.4 Å². The molecular formula is C27H35NO4. The van der Waals surface area contributed by atoms with E-state index in [2.05, 4.69) is 36.9 Å². The molecule has 3 rings (SSSR count). The van der Waals surface area contributed by atoms with Crippen LogP contribution in [0.15, 0.2) is 48.5 Å². The van der Waals surface area contributed by atoms with Gasteiger partial charge >= 0.3 is 5.97 Å². The topological polar surface area (TPSA) is 59.0 Å². The molecule has 1 heterocycles. The van der Waals surface area contributed by atoms with Gasteiger partial charge in [0.1, 0.15) is 12.4 Å². The van der Waals surface area contributed by atoms with E-state index in [1.807, 2.05) is 24.3 Å². The second-order valence-electron chi connectivity index (χ2n) is 8.32. The molecule has 2 aromatic rings. The minimum Gasteiger partial charge on any atom is -0.491 e. The van der Waals surface area contributed by atoms with E-state index < -0.39 is 5.97 Å². The number of nitrogens with zero attached hydrogens (tertiary/aromatic N) is 1. The number of carboxylic acids is 1. The first-order valence-electron chi connectivity index (χ1n) is 11.7. The molecule has 2 aromatic carbocycles. The molecule has 5 heteroatoms. The summed E-state index contributed by atoms with van der Waals surface area (Å²) in [6.45, 7) is 7.31. The lowest BCUT2D eigenvalue weighted by molar-refractivity contribution is -0.131. The van der Waals surface area contributed by atoms with E-state index in [-0.39, 0.29) is 0 Å². The van der Waals surface area contributed by atoms with Crippen molar-refractivity contribution >= 4 is 17.7 Å². The van der Waals surface area contributed by atoms with Gasteiger partial charge in [0, 0.05) is 31.0 Å². The third-order valence-corrected chi connectivity index (χ3v) is 5.87. The van der Waals surface area contributed by atoms with Crippen LogP contribution in [-0.2, 0) is 9.53 Å². The van der Waals surface area contributed by atoms with Crippen molar-refractivity contribution in [1.29, 1.82) is 0 Å². The van der Waals surface area contributed by atoms with E-state index in [0.717, 1.165) is 60.5 Å². The molecule has 0 saturated carbocycles. The first-order chi connectivity index (χ1) is 15.6. The maximum Gasteiger partial charge on any atom is 0.328 e. The molecule has 0 aliphatic carbocycles. The molecule has 0 amide bonds. The largest absolute Gasteiger partial charge is 0.491 e. The Kier molecular flexibility index (Phi) is 9.17. The van der Waals surface area contributed by atoms with Crippen LogP contribution in [0.25, 0.3) is 17.2 Å². The molecule has 1 saturated heterocycles. The maximum atomic E-state index is 11.2. The molecule has 172 valence electrons. The Morgan fingerprint density at radius 2 is 1.88 bits per heavy atom. The SMILES string of the molecule is CCCCOCCOc1ccc(-c2ccc(N3CCCCC3C)c(C=CC(=O)O)c2)cc1. The van der Waals surface area contributed by atoms with Gasteiger partial charge in [0.25, 0.3) is 0 Å². The van der Waals surface area contributed by atoms with Crippen molar-refractivity contribution in [2.45, 2.75) is 52.0 Å². The number of aliphatic carboxylic acids is 1. The number of hydrogen-bond acceptors (Lipinski definition) is 4. The zero-order chi connectivity index (χ0) is 22.8. The Morgan fingerprint density at radius 1 is 1.09 bits per heavy atom. The molecule has 0 bridgehead atoms. The van der Waals surface area contributed by atoms with Gasteiger partial charge in [-0.25, -0.2) is 4.79 Å². The summed E-state index contributed by atoms with van der Waals surface area (Å²) in [5.41, 5.74) is 4.15. The summed E-state index contributed by atoms with van der Waals surface area (Å²) in [5, 5.41) is 9.15. The molecule has 1 aliphatic rings. The van der Waals surface area contributed by atoms with E-state index >= 15 is 0 Å². The highest BCUT2D eigenvalue weighted by Crippen LogP contribution is 2.33. The van der Waals surface area contributed by atoms with Gasteiger partial charge in [0.15, 0.2) is 0 Å². The van der Waals surface area contributed by atoms with E-state index in [9.17, 15) is 4.79 Å². The molecule has 1 unspecified atom stereocenters. The van der Waals surface area contributed by atoms with Gasteiger partial charge in [-0.1, -0.05) is 31.5 Å². The number of carboxylic acid groups (broad SMARTS) is 1. The molecule has 1 atom stereocenters. The lowest BCUT2D eigenvalue weighted by atomic mass is 9.97. The summed E-state index contributed by atoms with van der Waals surface area (Å²) < 4.78 is 11.3. The van der Waals surface area contributed by atoms with Crippen LogP contribution in [-0.4, -0.2) is 43.5 Å². The maximum absolute atomic E-state index is 11.2. The van der Waals surface area contributed by atoms with Gasteiger partial charge in [-0.05, 0) is 79.6 Å². The summed E-state index contributed by atoms with van der Waals surface area (Å²) in [4.78, 5) is 13.6. The van der Waals surface area contributed by atoms with Crippen LogP contribution in [0, 0.1) is 0 Å². The quantitative estimate of drug-likeness (QED) is 0.344. The molecule has 1 aliphatic heterocycles. The lowest BCUT2D eigenvalue weighted by Gasteiger charge is -2.36. The van der Waals surface area contributed by atoms with Crippen molar-refractivity contribution in [1.82, 2.24) is 0 Å². The van der Waals surface area contributed by atoms with Crippen LogP contribution in [0.5, 0.6) is 5.75 Å². The minimum atomic E-state index is -0.937. The highest BCUT2D eigenvalue weighted by molar-refractivity contribution is 5.88. The number of hydrogen-bond donors (Lipinski definition) is 1. The number of rotatable bonds is 11. The fraction of sp³-hybridized carbons (Fsp3) is 0.444. The fourth-order valence-electron chi connectivity index (χ4n) is 4.06. The Morgan fingerprint density at radius 3 is 2.59 bits per heavy atom. The summed E-state index contributed by atoms with van der Waals surface area (Å²) in [6.07, 6.45) is 8.71. The minimum absolute atomic E-state index is 0.453. The Hall–Kier alpha value is -2.79. The van der Waals surface area contributed by atoms with Crippen LogP contribution in [0.1, 0.15) is 51.5 Å². The molecule has 5 nitrogen and oxygen atoms in total. The highest BCUT2D eigenvalue weighted by Gasteiger charge is 2.20. The molecule has 0 radical (unpaired) electrons. The number of carbonyl (C=O) groups is 1. The summed E-state index contributed by atoms with van der Waals surface area (Å²) in [7, 11) is 0. The molecule has 1 N–H and O–H groups in total. The van der Waals surface area contributed by atoms with Crippen LogP contribution in [0.2, 0.25) is 0 Å². The zero-order valence-electron chi connectivity index (χ0n) is 19.3. The number of benzene rings is 2. The normalized spacial score (nSPS) is 16.4. The summed E-state index contributed by atoms with van der Waals surface area (Å²) in [6, 6.07) is 14.8. The molecule has 0 aromatic heterocycles.